The lowest BCUT2D eigenvalue weighted by Gasteiger charge is -2.14. The fraction of sp³-hybridized carbons (Fsp3) is 0.250. The maximum absolute atomic E-state index is 12.4. The molecule has 158 valence electrons. The van der Waals surface area contributed by atoms with Crippen LogP contribution >= 0.6 is 0 Å². The number of ether oxygens (including phenoxy) is 5. The third-order valence-electron chi connectivity index (χ3n) is 4.14. The first-order valence-corrected chi connectivity index (χ1v) is 8.85. The number of nitrogens with one attached hydrogen (secondary N) is 2. The van der Waals surface area contributed by atoms with Crippen LogP contribution in [-0.4, -0.2) is 52.7 Å². The molecule has 0 saturated heterocycles. The molecule has 0 atom stereocenters. The lowest BCUT2D eigenvalue weighted by molar-refractivity contribution is -0.120. The molecule has 0 fully saturated rings. The van der Waals surface area contributed by atoms with Gasteiger partial charge in [-0.1, -0.05) is 0 Å². The van der Waals surface area contributed by atoms with Crippen molar-refractivity contribution in [1.29, 1.82) is 0 Å². The molecule has 2 N–H and O–H groups in total. The van der Waals surface area contributed by atoms with Crippen molar-refractivity contribution in [3.63, 3.8) is 0 Å². The summed E-state index contributed by atoms with van der Waals surface area (Å²) in [5, 5.41) is 6.37. The van der Waals surface area contributed by atoms with Crippen LogP contribution in [0.25, 0.3) is 0 Å². The molecular formula is C20H21N3O7. The summed E-state index contributed by atoms with van der Waals surface area (Å²) in [5.41, 5.74) is 3.32. The summed E-state index contributed by atoms with van der Waals surface area (Å²) in [4.78, 5) is 24.3. The van der Waals surface area contributed by atoms with Gasteiger partial charge in [0.05, 0.1) is 34.1 Å². The molecule has 0 aromatic heterocycles. The van der Waals surface area contributed by atoms with Crippen molar-refractivity contribution in [3.8, 4) is 28.7 Å². The second kappa shape index (κ2) is 9.50. The third kappa shape index (κ3) is 4.72. The van der Waals surface area contributed by atoms with Gasteiger partial charge in [-0.3, -0.25) is 9.59 Å². The standard InChI is InChI=1S/C20H21N3O7/c1-26-16-7-13(8-17(27-2)19(16)28-3)20(25)21-10-18(24)23-22-9-12-4-5-14-15(6-12)30-11-29-14/h4-9H,10-11H2,1-3H3,(H,21,25)(H,23,24). The van der Waals surface area contributed by atoms with Crippen LogP contribution in [0.15, 0.2) is 35.4 Å². The molecule has 30 heavy (non-hydrogen) atoms. The van der Waals surface area contributed by atoms with E-state index < -0.39 is 11.8 Å². The molecule has 2 aromatic rings. The molecule has 10 nitrogen and oxygen atoms in total. The Bertz CT molecular complexity index is 950. The largest absolute Gasteiger partial charge is 0.493 e. The van der Waals surface area contributed by atoms with Crippen LogP contribution in [0.5, 0.6) is 28.7 Å². The molecule has 0 aliphatic carbocycles. The predicted octanol–water partition coefficient (Wildman–Crippen LogP) is 1.32. The molecule has 2 aromatic carbocycles. The number of hydrazone groups is 1. The second-order valence-electron chi connectivity index (χ2n) is 6.00. The average Bonchev–Trinajstić information content (AvgIpc) is 3.24. The first-order valence-electron chi connectivity index (χ1n) is 8.85. The van der Waals surface area contributed by atoms with Gasteiger partial charge in [0.15, 0.2) is 23.0 Å². The molecule has 0 unspecified atom stereocenters. The van der Waals surface area contributed by atoms with E-state index in [4.69, 9.17) is 23.7 Å². The normalized spacial score (nSPS) is 11.8. The number of hydrogen-bond acceptors (Lipinski definition) is 8. The van der Waals surface area contributed by atoms with Crippen molar-refractivity contribution in [2.24, 2.45) is 5.10 Å². The van der Waals surface area contributed by atoms with Crippen LogP contribution in [0.1, 0.15) is 15.9 Å². The monoisotopic (exact) mass is 415 g/mol. The van der Waals surface area contributed by atoms with Crippen LogP contribution in [0.2, 0.25) is 0 Å². The molecule has 1 aliphatic heterocycles. The number of rotatable bonds is 8. The molecular weight excluding hydrogens is 394 g/mol. The molecule has 1 heterocycles. The number of carbonyl (C=O) groups is 2. The van der Waals surface area contributed by atoms with E-state index in [1.165, 1.54) is 39.7 Å². The summed E-state index contributed by atoms with van der Waals surface area (Å²) in [5.74, 6) is 1.33. The summed E-state index contributed by atoms with van der Waals surface area (Å²) in [6.07, 6.45) is 1.46. The Labute approximate surface area is 172 Å². The quantitative estimate of drug-likeness (QED) is 0.493. The topological polar surface area (TPSA) is 117 Å². The molecule has 3 rings (SSSR count). The van der Waals surface area contributed by atoms with Gasteiger partial charge < -0.3 is 29.0 Å². The minimum atomic E-state index is -0.493. The van der Waals surface area contributed by atoms with Gasteiger partial charge in [0.2, 0.25) is 12.5 Å². The van der Waals surface area contributed by atoms with Gasteiger partial charge in [0, 0.05) is 5.56 Å². The third-order valence-corrected chi connectivity index (χ3v) is 4.14. The second-order valence-corrected chi connectivity index (χ2v) is 6.00. The highest BCUT2D eigenvalue weighted by atomic mass is 16.7. The van der Waals surface area contributed by atoms with Crippen LogP contribution in [0.3, 0.4) is 0 Å². The van der Waals surface area contributed by atoms with Crippen LogP contribution in [0.4, 0.5) is 0 Å². The number of benzene rings is 2. The molecule has 0 saturated carbocycles. The summed E-state index contributed by atoms with van der Waals surface area (Å²) >= 11 is 0. The summed E-state index contributed by atoms with van der Waals surface area (Å²) in [6.45, 7) is -0.0910. The Morgan fingerprint density at radius 2 is 1.73 bits per heavy atom. The van der Waals surface area contributed by atoms with Gasteiger partial charge in [0.25, 0.3) is 11.8 Å². The van der Waals surface area contributed by atoms with E-state index >= 15 is 0 Å². The van der Waals surface area contributed by atoms with E-state index in [0.29, 0.717) is 28.7 Å². The fourth-order valence-electron chi connectivity index (χ4n) is 2.69. The van der Waals surface area contributed by atoms with Gasteiger partial charge in [0.1, 0.15) is 0 Å². The smallest absolute Gasteiger partial charge is 0.259 e. The number of nitrogens with zero attached hydrogens (tertiary/aromatic N) is 1. The maximum Gasteiger partial charge on any atom is 0.259 e. The Morgan fingerprint density at radius 1 is 1.03 bits per heavy atom. The Kier molecular flexibility index (Phi) is 6.58. The molecule has 0 spiro atoms. The van der Waals surface area contributed by atoms with Crippen molar-refractivity contribution in [2.45, 2.75) is 0 Å². The highest BCUT2D eigenvalue weighted by Crippen LogP contribution is 2.38. The summed E-state index contributed by atoms with van der Waals surface area (Å²) in [6, 6.07) is 8.25. The van der Waals surface area contributed by atoms with Crippen LogP contribution in [0, 0.1) is 0 Å². The van der Waals surface area contributed by atoms with Crippen LogP contribution < -0.4 is 34.4 Å². The van der Waals surface area contributed by atoms with Crippen molar-refractivity contribution in [1.82, 2.24) is 10.7 Å². The number of amides is 2. The van der Waals surface area contributed by atoms with Gasteiger partial charge >= 0.3 is 0 Å². The molecule has 2 amide bonds. The van der Waals surface area contributed by atoms with Crippen molar-refractivity contribution >= 4 is 18.0 Å². The van der Waals surface area contributed by atoms with E-state index in [2.05, 4.69) is 15.8 Å². The predicted molar refractivity (Wildman–Crippen MR) is 107 cm³/mol. The van der Waals surface area contributed by atoms with Gasteiger partial charge in [-0.05, 0) is 35.9 Å². The van der Waals surface area contributed by atoms with E-state index in [9.17, 15) is 9.59 Å². The molecule has 0 radical (unpaired) electrons. The molecule has 1 aliphatic rings. The minimum Gasteiger partial charge on any atom is -0.493 e. The summed E-state index contributed by atoms with van der Waals surface area (Å²) < 4.78 is 26.2. The van der Waals surface area contributed by atoms with E-state index in [0.717, 1.165) is 5.56 Å². The number of methoxy groups -OCH3 is 3. The number of hydrogen-bond donors (Lipinski definition) is 2. The zero-order chi connectivity index (χ0) is 21.5. The minimum absolute atomic E-state index is 0.179. The van der Waals surface area contributed by atoms with Gasteiger partial charge in [-0.2, -0.15) is 5.10 Å². The van der Waals surface area contributed by atoms with Crippen molar-refractivity contribution in [3.05, 3.63) is 41.5 Å². The zero-order valence-corrected chi connectivity index (χ0v) is 16.7. The average molecular weight is 415 g/mol. The Balaban J connectivity index is 1.55. The van der Waals surface area contributed by atoms with Crippen molar-refractivity contribution < 1.29 is 33.3 Å². The highest BCUT2D eigenvalue weighted by Gasteiger charge is 2.17. The SMILES string of the molecule is COc1cc(C(=O)NCC(=O)NN=Cc2ccc3c(c2)OCO3)cc(OC)c1OC. The maximum atomic E-state index is 12.4. The molecule has 0 bridgehead atoms. The lowest BCUT2D eigenvalue weighted by atomic mass is 10.1. The summed E-state index contributed by atoms with van der Waals surface area (Å²) in [7, 11) is 4.36. The van der Waals surface area contributed by atoms with Crippen LogP contribution in [-0.2, 0) is 4.79 Å². The van der Waals surface area contributed by atoms with Gasteiger partial charge in [-0.15, -0.1) is 0 Å². The van der Waals surface area contributed by atoms with Crippen molar-refractivity contribution in [2.75, 3.05) is 34.7 Å². The Morgan fingerprint density at radius 3 is 2.40 bits per heavy atom. The first-order chi connectivity index (χ1) is 14.5. The van der Waals surface area contributed by atoms with Gasteiger partial charge in [-0.25, -0.2) is 5.43 Å². The van der Waals surface area contributed by atoms with E-state index in [-0.39, 0.29) is 18.9 Å². The number of fused-ring (bicyclic) bond motifs is 1. The lowest BCUT2D eigenvalue weighted by Crippen LogP contribution is -2.34. The Hall–Kier alpha value is -3.95. The van der Waals surface area contributed by atoms with E-state index in [1.807, 2.05) is 0 Å². The molecule has 10 heteroatoms. The first kappa shape index (κ1) is 20.8. The highest BCUT2D eigenvalue weighted by molar-refractivity contribution is 5.97. The fourth-order valence-corrected chi connectivity index (χ4v) is 2.69. The number of carbonyl (C=O) groups excluding carboxylic acids is 2. The zero-order valence-electron chi connectivity index (χ0n) is 16.7. The van der Waals surface area contributed by atoms with E-state index in [1.54, 1.807) is 18.2 Å².